The highest BCUT2D eigenvalue weighted by Gasteiger charge is 2.34. The molecule has 0 aromatic heterocycles. The number of sulfonamides is 1. The number of ether oxygens (including phenoxy) is 2. The second kappa shape index (κ2) is 9.29. The van der Waals surface area contributed by atoms with Gasteiger partial charge in [-0.1, -0.05) is 28.9 Å². The zero-order valence-corrected chi connectivity index (χ0v) is 21.8. The molecule has 1 N–H and O–H groups in total. The van der Waals surface area contributed by atoms with Crippen LogP contribution in [0.15, 0.2) is 64.0 Å². The summed E-state index contributed by atoms with van der Waals surface area (Å²) in [5, 5.41) is 2.84. The maximum absolute atomic E-state index is 13.8. The van der Waals surface area contributed by atoms with E-state index in [4.69, 9.17) is 9.47 Å². The number of hydrogen-bond acceptors (Lipinski definition) is 5. The summed E-state index contributed by atoms with van der Waals surface area (Å²) in [5.41, 5.74) is 1.61. The van der Waals surface area contributed by atoms with Crippen molar-refractivity contribution in [2.45, 2.75) is 31.6 Å². The topological polar surface area (TPSA) is 84.9 Å². The fourth-order valence-corrected chi connectivity index (χ4v) is 6.07. The third-order valence-corrected chi connectivity index (χ3v) is 8.74. The molecule has 7 nitrogen and oxygen atoms in total. The SMILES string of the molecule is Cc1ccc2c(c1)NC(=O)c1cc(S(=O)(=O)N3CCC(C)CC3)c(Oc3ccc(Br)cc3)cc1O2. The van der Waals surface area contributed by atoms with Crippen LogP contribution >= 0.6 is 15.9 Å². The molecule has 9 heteroatoms. The van der Waals surface area contributed by atoms with Gasteiger partial charge < -0.3 is 14.8 Å². The van der Waals surface area contributed by atoms with Crippen molar-refractivity contribution in [2.24, 2.45) is 5.92 Å². The summed E-state index contributed by atoms with van der Waals surface area (Å²) in [7, 11) is -3.92. The summed E-state index contributed by atoms with van der Waals surface area (Å²) < 4.78 is 42.0. The minimum Gasteiger partial charge on any atom is -0.456 e. The Morgan fingerprint density at radius 2 is 1.74 bits per heavy atom. The van der Waals surface area contributed by atoms with Crippen molar-refractivity contribution in [2.75, 3.05) is 18.4 Å². The molecule has 0 saturated carbocycles. The molecule has 0 spiro atoms. The standard InChI is InChI=1S/C26H25BrN2O5S/c1-16-9-11-29(12-10-16)35(31,32)25-14-20-23(15-24(25)33-19-6-4-18(27)5-7-19)34-22-8-3-17(2)13-21(22)28-26(20)30/h3-8,13-16H,9-12H2,1-2H3,(H,28,30). The first kappa shape index (κ1) is 23.8. The predicted molar refractivity (Wildman–Crippen MR) is 137 cm³/mol. The summed E-state index contributed by atoms with van der Waals surface area (Å²) >= 11 is 3.40. The number of hydrogen-bond donors (Lipinski definition) is 1. The number of piperidine rings is 1. The van der Waals surface area contributed by atoms with Gasteiger partial charge in [-0.15, -0.1) is 0 Å². The quantitative estimate of drug-likeness (QED) is 0.406. The molecule has 1 saturated heterocycles. The molecule has 35 heavy (non-hydrogen) atoms. The minimum absolute atomic E-state index is 0.0605. The number of aryl methyl sites for hydroxylation is 1. The van der Waals surface area contributed by atoms with Crippen LogP contribution in [0.25, 0.3) is 0 Å². The molecule has 1 amide bonds. The van der Waals surface area contributed by atoms with E-state index in [9.17, 15) is 13.2 Å². The molecule has 182 valence electrons. The van der Waals surface area contributed by atoms with Crippen LogP contribution in [0.5, 0.6) is 23.0 Å². The maximum Gasteiger partial charge on any atom is 0.259 e. The molecule has 0 bridgehead atoms. The Hall–Kier alpha value is -2.88. The van der Waals surface area contributed by atoms with Gasteiger partial charge in [0.05, 0.1) is 11.3 Å². The van der Waals surface area contributed by atoms with Gasteiger partial charge in [0.25, 0.3) is 5.91 Å². The van der Waals surface area contributed by atoms with Crippen molar-refractivity contribution in [3.05, 3.63) is 70.2 Å². The second-order valence-electron chi connectivity index (χ2n) is 8.99. The van der Waals surface area contributed by atoms with Crippen LogP contribution in [0, 0.1) is 12.8 Å². The smallest absolute Gasteiger partial charge is 0.259 e. The molecule has 0 unspecified atom stereocenters. The Balaban J connectivity index is 1.63. The Labute approximate surface area is 213 Å². The van der Waals surface area contributed by atoms with Crippen LogP contribution < -0.4 is 14.8 Å². The van der Waals surface area contributed by atoms with Crippen molar-refractivity contribution in [3.8, 4) is 23.0 Å². The van der Waals surface area contributed by atoms with Gasteiger partial charge in [-0.2, -0.15) is 4.31 Å². The number of carbonyl (C=O) groups excluding carboxylic acids is 1. The van der Waals surface area contributed by atoms with Crippen LogP contribution in [0.3, 0.4) is 0 Å². The monoisotopic (exact) mass is 556 g/mol. The van der Waals surface area contributed by atoms with Gasteiger partial charge in [0.15, 0.2) is 11.5 Å². The van der Waals surface area contributed by atoms with E-state index in [1.54, 1.807) is 18.2 Å². The van der Waals surface area contributed by atoms with Gasteiger partial charge >= 0.3 is 0 Å². The summed E-state index contributed by atoms with van der Waals surface area (Å²) in [4.78, 5) is 13.1. The van der Waals surface area contributed by atoms with Gasteiger partial charge in [0.1, 0.15) is 16.4 Å². The lowest BCUT2D eigenvalue weighted by Crippen LogP contribution is -2.38. The number of anilines is 1. The first-order chi connectivity index (χ1) is 16.7. The average molecular weight is 557 g/mol. The van der Waals surface area contributed by atoms with E-state index in [0.717, 1.165) is 22.9 Å². The predicted octanol–water partition coefficient (Wildman–Crippen LogP) is 6.33. The van der Waals surface area contributed by atoms with Crippen LogP contribution in [-0.2, 0) is 10.0 Å². The van der Waals surface area contributed by atoms with Gasteiger partial charge in [0, 0.05) is 23.6 Å². The molecule has 3 aromatic rings. The Bertz CT molecular complexity index is 1400. The van der Waals surface area contributed by atoms with Crippen LogP contribution in [0.4, 0.5) is 5.69 Å². The normalized spacial score (nSPS) is 16.5. The zero-order valence-electron chi connectivity index (χ0n) is 19.4. The van der Waals surface area contributed by atoms with E-state index in [1.807, 2.05) is 31.2 Å². The highest BCUT2D eigenvalue weighted by molar-refractivity contribution is 9.10. The first-order valence-electron chi connectivity index (χ1n) is 11.4. The van der Waals surface area contributed by atoms with Crippen LogP contribution in [0.1, 0.15) is 35.7 Å². The molecular formula is C26H25BrN2O5S. The van der Waals surface area contributed by atoms with E-state index >= 15 is 0 Å². The Morgan fingerprint density at radius 1 is 1.03 bits per heavy atom. The molecule has 5 rings (SSSR count). The molecule has 0 aliphatic carbocycles. The molecule has 3 aromatic carbocycles. The fourth-order valence-electron chi connectivity index (χ4n) is 4.22. The average Bonchev–Trinajstić information content (AvgIpc) is 2.95. The third kappa shape index (κ3) is 4.80. The van der Waals surface area contributed by atoms with E-state index in [-0.39, 0.29) is 22.0 Å². The van der Waals surface area contributed by atoms with E-state index in [2.05, 4.69) is 28.2 Å². The molecule has 1 fully saturated rings. The van der Waals surface area contributed by atoms with Crippen LogP contribution in [-0.4, -0.2) is 31.7 Å². The number of fused-ring (bicyclic) bond motifs is 2. The number of nitrogens with one attached hydrogen (secondary N) is 1. The summed E-state index contributed by atoms with van der Waals surface area (Å²) in [6.07, 6.45) is 1.57. The maximum atomic E-state index is 13.8. The minimum atomic E-state index is -3.92. The molecular weight excluding hydrogens is 532 g/mol. The number of amides is 1. The van der Waals surface area contributed by atoms with Crippen molar-refractivity contribution in [3.63, 3.8) is 0 Å². The zero-order chi connectivity index (χ0) is 24.7. The van der Waals surface area contributed by atoms with Crippen molar-refractivity contribution >= 4 is 37.5 Å². The van der Waals surface area contributed by atoms with Crippen molar-refractivity contribution in [1.82, 2.24) is 4.31 Å². The molecule has 2 aliphatic heterocycles. The number of halogens is 1. The van der Waals surface area contributed by atoms with E-state index in [1.165, 1.54) is 16.4 Å². The Kier molecular flexibility index (Phi) is 6.33. The number of benzene rings is 3. The van der Waals surface area contributed by atoms with E-state index in [0.29, 0.717) is 36.2 Å². The highest BCUT2D eigenvalue weighted by Crippen LogP contribution is 2.42. The van der Waals surface area contributed by atoms with Gasteiger partial charge in [0.2, 0.25) is 10.0 Å². The van der Waals surface area contributed by atoms with Gasteiger partial charge in [-0.25, -0.2) is 8.42 Å². The Morgan fingerprint density at radius 3 is 2.46 bits per heavy atom. The number of rotatable bonds is 4. The summed E-state index contributed by atoms with van der Waals surface area (Å²) in [5.74, 6) is 1.29. The lowest BCUT2D eigenvalue weighted by Gasteiger charge is -2.30. The highest BCUT2D eigenvalue weighted by atomic mass is 79.9. The van der Waals surface area contributed by atoms with E-state index < -0.39 is 15.9 Å². The fraction of sp³-hybridized carbons (Fsp3) is 0.269. The number of carbonyl (C=O) groups is 1. The van der Waals surface area contributed by atoms with Gasteiger partial charge in [-0.05, 0) is 73.7 Å². The lowest BCUT2D eigenvalue weighted by atomic mass is 10.0. The second-order valence-corrected chi connectivity index (χ2v) is 11.8. The number of nitrogens with zero attached hydrogens (tertiary/aromatic N) is 1. The first-order valence-corrected chi connectivity index (χ1v) is 13.7. The largest absolute Gasteiger partial charge is 0.456 e. The summed E-state index contributed by atoms with van der Waals surface area (Å²) in [6.45, 7) is 4.88. The lowest BCUT2D eigenvalue weighted by molar-refractivity contribution is 0.102. The molecule has 0 atom stereocenters. The molecule has 2 heterocycles. The van der Waals surface area contributed by atoms with Crippen molar-refractivity contribution < 1.29 is 22.7 Å². The van der Waals surface area contributed by atoms with Gasteiger partial charge in [-0.3, -0.25) is 4.79 Å². The van der Waals surface area contributed by atoms with Crippen LogP contribution in [0.2, 0.25) is 0 Å². The summed E-state index contributed by atoms with van der Waals surface area (Å²) in [6, 6.07) is 15.4. The molecule has 2 aliphatic rings. The molecule has 0 radical (unpaired) electrons. The third-order valence-electron chi connectivity index (χ3n) is 6.30. The van der Waals surface area contributed by atoms with Crippen molar-refractivity contribution in [1.29, 1.82) is 0 Å².